The number of carbonyl (C=O) groups excluding carboxylic acids is 2. The summed E-state index contributed by atoms with van der Waals surface area (Å²) in [6.07, 6.45) is 0.600. The van der Waals surface area contributed by atoms with Gasteiger partial charge in [-0.05, 0) is 42.3 Å². The molecule has 0 bridgehead atoms. The van der Waals surface area contributed by atoms with Crippen LogP contribution in [0.1, 0.15) is 21.5 Å². The molecule has 4 rings (SSSR count). The predicted molar refractivity (Wildman–Crippen MR) is 104 cm³/mol. The van der Waals surface area contributed by atoms with Crippen molar-refractivity contribution in [1.82, 2.24) is 10.2 Å². The maximum absolute atomic E-state index is 14.8. The molecule has 27 heavy (non-hydrogen) atoms. The quantitative estimate of drug-likeness (QED) is 0.853. The standard InChI is InChI=1S/C20H20FN3O2S/c21-18-15-8-9-22-10-14(15)6-7-16(18)23-19(25)17-11-27-12-24(17)20(26)13-4-2-1-3-5-13/h1-7,17,22H,8-12H2,(H,23,25). The first-order valence-electron chi connectivity index (χ1n) is 8.91. The molecule has 1 saturated heterocycles. The monoisotopic (exact) mass is 385 g/mol. The maximum Gasteiger partial charge on any atom is 0.255 e. The third-order valence-electron chi connectivity index (χ3n) is 4.93. The fourth-order valence-electron chi connectivity index (χ4n) is 3.45. The van der Waals surface area contributed by atoms with E-state index < -0.39 is 6.04 Å². The summed E-state index contributed by atoms with van der Waals surface area (Å²) in [7, 11) is 0. The maximum atomic E-state index is 14.8. The Morgan fingerprint density at radius 2 is 2.00 bits per heavy atom. The van der Waals surface area contributed by atoms with Crippen molar-refractivity contribution in [3.63, 3.8) is 0 Å². The fraction of sp³-hybridized carbons (Fsp3) is 0.300. The summed E-state index contributed by atoms with van der Waals surface area (Å²) in [5.41, 5.74) is 2.31. The first-order chi connectivity index (χ1) is 13.1. The minimum atomic E-state index is -0.611. The molecule has 0 aromatic heterocycles. The van der Waals surface area contributed by atoms with Gasteiger partial charge >= 0.3 is 0 Å². The molecular formula is C20H20FN3O2S. The number of hydrogen-bond acceptors (Lipinski definition) is 4. The van der Waals surface area contributed by atoms with Crippen LogP contribution in [0.15, 0.2) is 42.5 Å². The summed E-state index contributed by atoms with van der Waals surface area (Å²) in [6.45, 7) is 1.36. The number of fused-ring (bicyclic) bond motifs is 1. The summed E-state index contributed by atoms with van der Waals surface area (Å²) in [5, 5.41) is 5.90. The van der Waals surface area contributed by atoms with Gasteiger partial charge in [-0.3, -0.25) is 9.59 Å². The Bertz CT molecular complexity index is 875. The Labute approximate surface area is 161 Å². The van der Waals surface area contributed by atoms with Gasteiger partial charge in [0.15, 0.2) is 0 Å². The van der Waals surface area contributed by atoms with E-state index in [0.717, 1.165) is 12.1 Å². The van der Waals surface area contributed by atoms with E-state index >= 15 is 0 Å². The number of benzene rings is 2. The molecule has 2 aliphatic heterocycles. The van der Waals surface area contributed by atoms with Gasteiger partial charge in [-0.1, -0.05) is 24.3 Å². The van der Waals surface area contributed by atoms with Crippen molar-refractivity contribution >= 4 is 29.3 Å². The number of amides is 2. The van der Waals surface area contributed by atoms with Crippen LogP contribution < -0.4 is 10.6 Å². The number of carbonyl (C=O) groups is 2. The molecule has 2 aromatic rings. The highest BCUT2D eigenvalue weighted by Gasteiger charge is 2.35. The lowest BCUT2D eigenvalue weighted by Gasteiger charge is -2.24. The predicted octanol–water partition coefficient (Wildman–Crippen LogP) is 2.63. The van der Waals surface area contributed by atoms with Gasteiger partial charge in [0.2, 0.25) is 5.91 Å². The highest BCUT2D eigenvalue weighted by atomic mass is 32.2. The molecule has 2 heterocycles. The van der Waals surface area contributed by atoms with Crippen molar-refractivity contribution in [1.29, 1.82) is 0 Å². The van der Waals surface area contributed by atoms with Crippen LogP contribution in [0.4, 0.5) is 10.1 Å². The first-order valence-corrected chi connectivity index (χ1v) is 10.1. The third-order valence-corrected chi connectivity index (χ3v) is 5.94. The zero-order chi connectivity index (χ0) is 18.8. The number of hydrogen-bond donors (Lipinski definition) is 2. The smallest absolute Gasteiger partial charge is 0.255 e. The van der Waals surface area contributed by atoms with Gasteiger partial charge < -0.3 is 15.5 Å². The lowest BCUT2D eigenvalue weighted by molar-refractivity contribution is -0.119. The molecule has 5 nitrogen and oxygen atoms in total. The van der Waals surface area contributed by atoms with Crippen LogP contribution in [-0.4, -0.2) is 40.9 Å². The van der Waals surface area contributed by atoms with Crippen molar-refractivity contribution in [2.75, 3.05) is 23.5 Å². The molecule has 1 unspecified atom stereocenters. The van der Waals surface area contributed by atoms with Crippen LogP contribution in [0.3, 0.4) is 0 Å². The lowest BCUT2D eigenvalue weighted by atomic mass is 9.99. The Balaban J connectivity index is 1.52. The topological polar surface area (TPSA) is 61.4 Å². The molecule has 2 amide bonds. The molecular weight excluding hydrogens is 365 g/mol. The molecule has 2 aliphatic rings. The number of halogens is 1. The normalized spacial score (nSPS) is 18.9. The summed E-state index contributed by atoms with van der Waals surface area (Å²) >= 11 is 1.52. The molecule has 0 aliphatic carbocycles. The van der Waals surface area contributed by atoms with Crippen LogP contribution >= 0.6 is 11.8 Å². The summed E-state index contributed by atoms with van der Waals surface area (Å²) in [5.74, 6) is 0.0501. The lowest BCUT2D eigenvalue weighted by Crippen LogP contribution is -2.44. The molecule has 0 radical (unpaired) electrons. The van der Waals surface area contributed by atoms with E-state index in [0.29, 0.717) is 35.7 Å². The fourth-order valence-corrected chi connectivity index (χ4v) is 4.61. The van der Waals surface area contributed by atoms with Crippen molar-refractivity contribution in [2.45, 2.75) is 19.0 Å². The highest BCUT2D eigenvalue weighted by Crippen LogP contribution is 2.27. The summed E-state index contributed by atoms with van der Waals surface area (Å²) < 4.78 is 14.8. The van der Waals surface area contributed by atoms with Crippen LogP contribution in [-0.2, 0) is 17.8 Å². The highest BCUT2D eigenvalue weighted by molar-refractivity contribution is 7.99. The Morgan fingerprint density at radius 1 is 1.19 bits per heavy atom. The average Bonchev–Trinajstić information content (AvgIpc) is 3.20. The Kier molecular flexibility index (Phi) is 5.13. The molecule has 1 fully saturated rings. The van der Waals surface area contributed by atoms with E-state index in [2.05, 4.69) is 10.6 Å². The minimum absolute atomic E-state index is 0.183. The van der Waals surface area contributed by atoms with Gasteiger partial charge in [0.25, 0.3) is 5.91 Å². The number of thioether (sulfide) groups is 1. The molecule has 0 spiro atoms. The van der Waals surface area contributed by atoms with Crippen LogP contribution in [0, 0.1) is 5.82 Å². The average molecular weight is 385 g/mol. The van der Waals surface area contributed by atoms with E-state index in [1.54, 1.807) is 35.2 Å². The number of nitrogens with zero attached hydrogens (tertiary/aromatic N) is 1. The van der Waals surface area contributed by atoms with Crippen molar-refractivity contribution in [3.8, 4) is 0 Å². The largest absolute Gasteiger partial charge is 0.322 e. The summed E-state index contributed by atoms with van der Waals surface area (Å²) in [6, 6.07) is 11.7. The number of rotatable bonds is 3. The SMILES string of the molecule is O=C(Nc1ccc2c(c1F)CCNC2)C1CSCN1C(=O)c1ccccc1. The van der Waals surface area contributed by atoms with E-state index in [1.165, 1.54) is 11.8 Å². The van der Waals surface area contributed by atoms with E-state index in [9.17, 15) is 14.0 Å². The molecule has 7 heteroatoms. The van der Waals surface area contributed by atoms with Crippen molar-refractivity contribution in [2.24, 2.45) is 0 Å². The van der Waals surface area contributed by atoms with Gasteiger partial charge in [-0.25, -0.2) is 4.39 Å². The molecule has 2 N–H and O–H groups in total. The van der Waals surface area contributed by atoms with E-state index in [4.69, 9.17) is 0 Å². The van der Waals surface area contributed by atoms with Gasteiger partial charge in [0.05, 0.1) is 11.6 Å². The first kappa shape index (κ1) is 18.0. The van der Waals surface area contributed by atoms with Gasteiger partial charge in [0.1, 0.15) is 11.9 Å². The molecule has 1 atom stereocenters. The van der Waals surface area contributed by atoms with Crippen LogP contribution in [0.5, 0.6) is 0 Å². The second-order valence-electron chi connectivity index (χ2n) is 6.64. The molecule has 140 valence electrons. The second kappa shape index (κ2) is 7.70. The van der Waals surface area contributed by atoms with E-state index in [1.807, 2.05) is 12.1 Å². The zero-order valence-electron chi connectivity index (χ0n) is 14.7. The Morgan fingerprint density at radius 3 is 2.81 bits per heavy atom. The van der Waals surface area contributed by atoms with Gasteiger partial charge in [-0.15, -0.1) is 11.8 Å². The second-order valence-corrected chi connectivity index (χ2v) is 7.64. The Hall–Kier alpha value is -2.38. The van der Waals surface area contributed by atoms with Gasteiger partial charge in [-0.2, -0.15) is 0 Å². The number of nitrogens with one attached hydrogen (secondary N) is 2. The molecule has 2 aromatic carbocycles. The van der Waals surface area contributed by atoms with Crippen LogP contribution in [0.25, 0.3) is 0 Å². The number of anilines is 1. The van der Waals surface area contributed by atoms with E-state index in [-0.39, 0.29) is 23.3 Å². The van der Waals surface area contributed by atoms with Crippen molar-refractivity contribution < 1.29 is 14.0 Å². The summed E-state index contributed by atoms with van der Waals surface area (Å²) in [4.78, 5) is 27.1. The third kappa shape index (κ3) is 3.57. The van der Waals surface area contributed by atoms with Crippen LogP contribution in [0.2, 0.25) is 0 Å². The van der Waals surface area contributed by atoms with Crippen molar-refractivity contribution in [3.05, 3.63) is 65.0 Å². The zero-order valence-corrected chi connectivity index (χ0v) is 15.5. The minimum Gasteiger partial charge on any atom is -0.322 e. The van der Waals surface area contributed by atoms with Gasteiger partial charge in [0, 0.05) is 17.9 Å². The molecule has 0 saturated carbocycles.